The monoisotopic (exact) mass is 314 g/mol. The van der Waals surface area contributed by atoms with Gasteiger partial charge in [0.1, 0.15) is 0 Å². The van der Waals surface area contributed by atoms with Crippen molar-refractivity contribution in [1.82, 2.24) is 5.32 Å². The topological polar surface area (TPSA) is 110 Å². The summed E-state index contributed by atoms with van der Waals surface area (Å²) in [7, 11) is 0. The molecule has 8 heteroatoms. The van der Waals surface area contributed by atoms with Gasteiger partial charge in [-0.15, -0.1) is 0 Å². The Hall–Kier alpha value is -1.96. The summed E-state index contributed by atoms with van der Waals surface area (Å²) in [6.45, 7) is 4.29. The van der Waals surface area contributed by atoms with Crippen molar-refractivity contribution in [3.8, 4) is 0 Å². The largest absolute Gasteiger partial charge is 0.481 e. The highest BCUT2D eigenvalue weighted by atomic mass is 32.1. The maximum atomic E-state index is 11.8. The number of rotatable bonds is 8. The van der Waals surface area contributed by atoms with E-state index >= 15 is 0 Å². The van der Waals surface area contributed by atoms with Gasteiger partial charge in [0.25, 0.3) is 5.91 Å². The summed E-state index contributed by atoms with van der Waals surface area (Å²) in [6, 6.07) is 2.73. The lowest BCUT2D eigenvalue weighted by Gasteiger charge is -2.23. The molecule has 0 aliphatic heterocycles. The van der Waals surface area contributed by atoms with E-state index < -0.39 is 10.9 Å². The first-order valence-electron chi connectivity index (χ1n) is 6.45. The molecular formula is C13H18N2O5S. The molecule has 0 unspecified atom stereocenters. The zero-order chi connectivity index (χ0) is 16.0. The van der Waals surface area contributed by atoms with Crippen molar-refractivity contribution in [2.24, 2.45) is 5.41 Å². The Bertz CT molecular complexity index is 538. The summed E-state index contributed by atoms with van der Waals surface area (Å²) in [6.07, 6.45) is 1.26. The van der Waals surface area contributed by atoms with Crippen molar-refractivity contribution >= 4 is 28.2 Å². The number of hydrogen-bond donors (Lipinski definition) is 2. The molecular weight excluding hydrogens is 296 g/mol. The molecule has 0 bridgehead atoms. The van der Waals surface area contributed by atoms with E-state index in [9.17, 15) is 19.7 Å². The van der Waals surface area contributed by atoms with Crippen LogP contribution in [-0.4, -0.2) is 28.5 Å². The van der Waals surface area contributed by atoms with Gasteiger partial charge < -0.3 is 10.4 Å². The van der Waals surface area contributed by atoms with Crippen molar-refractivity contribution in [2.75, 3.05) is 6.54 Å². The van der Waals surface area contributed by atoms with Crippen LogP contribution in [0.2, 0.25) is 0 Å². The summed E-state index contributed by atoms with van der Waals surface area (Å²) >= 11 is 0.832. The van der Waals surface area contributed by atoms with E-state index in [0.29, 0.717) is 24.3 Å². The van der Waals surface area contributed by atoms with Crippen LogP contribution in [0.4, 0.5) is 5.00 Å². The molecule has 1 amide bonds. The second kappa shape index (κ2) is 7.16. The number of nitrogens with zero attached hydrogens (tertiary/aromatic N) is 1. The number of thiophene rings is 1. The third kappa shape index (κ3) is 5.90. The molecule has 0 saturated carbocycles. The molecule has 0 aromatic carbocycles. The van der Waals surface area contributed by atoms with Crippen LogP contribution in [0.15, 0.2) is 12.1 Å². The fraction of sp³-hybridized carbons (Fsp3) is 0.538. The standard InChI is InChI=1S/C13H18N2O5S/c1-13(2,6-5-11(16)17)7-8-14-12(18)9-3-4-10(21-9)15(19)20/h3-4H,5-8H2,1-2H3,(H,14,18)(H,16,17). The van der Waals surface area contributed by atoms with Crippen LogP contribution >= 0.6 is 11.3 Å². The first-order chi connectivity index (χ1) is 9.71. The van der Waals surface area contributed by atoms with Gasteiger partial charge in [-0.1, -0.05) is 25.2 Å². The number of carbonyl (C=O) groups is 2. The van der Waals surface area contributed by atoms with Gasteiger partial charge in [0.05, 0.1) is 9.80 Å². The Labute approximate surface area is 126 Å². The van der Waals surface area contributed by atoms with E-state index in [0.717, 1.165) is 11.3 Å². The zero-order valence-corrected chi connectivity index (χ0v) is 12.7. The van der Waals surface area contributed by atoms with E-state index in [2.05, 4.69) is 5.32 Å². The number of aliphatic carboxylic acids is 1. The average Bonchev–Trinajstić information content (AvgIpc) is 2.86. The molecule has 2 N–H and O–H groups in total. The number of carboxylic acids is 1. The second-order valence-electron chi connectivity index (χ2n) is 5.46. The van der Waals surface area contributed by atoms with Crippen LogP contribution in [0.1, 0.15) is 42.8 Å². The van der Waals surface area contributed by atoms with Crippen molar-refractivity contribution in [2.45, 2.75) is 33.1 Å². The van der Waals surface area contributed by atoms with E-state index in [1.54, 1.807) is 0 Å². The lowest BCUT2D eigenvalue weighted by atomic mass is 9.84. The van der Waals surface area contributed by atoms with E-state index in [-0.39, 0.29) is 22.7 Å². The molecule has 0 fully saturated rings. The van der Waals surface area contributed by atoms with E-state index in [4.69, 9.17) is 5.11 Å². The highest BCUT2D eigenvalue weighted by molar-refractivity contribution is 7.17. The number of hydrogen-bond acceptors (Lipinski definition) is 5. The van der Waals surface area contributed by atoms with Crippen LogP contribution < -0.4 is 5.32 Å². The molecule has 0 spiro atoms. The number of amides is 1. The van der Waals surface area contributed by atoms with Gasteiger partial charge in [-0.05, 0) is 24.3 Å². The van der Waals surface area contributed by atoms with Gasteiger partial charge >= 0.3 is 11.0 Å². The minimum atomic E-state index is -0.835. The molecule has 1 heterocycles. The highest BCUT2D eigenvalue weighted by Gasteiger charge is 2.20. The van der Waals surface area contributed by atoms with Gasteiger partial charge in [0.15, 0.2) is 0 Å². The van der Waals surface area contributed by atoms with Crippen molar-refractivity contribution in [1.29, 1.82) is 0 Å². The fourth-order valence-corrected chi connectivity index (χ4v) is 2.46. The number of nitrogens with one attached hydrogen (secondary N) is 1. The molecule has 0 aliphatic carbocycles. The second-order valence-corrected chi connectivity index (χ2v) is 6.52. The molecule has 0 atom stereocenters. The molecule has 0 saturated heterocycles. The Balaban J connectivity index is 2.42. The predicted molar refractivity (Wildman–Crippen MR) is 78.6 cm³/mol. The molecule has 0 radical (unpaired) electrons. The van der Waals surface area contributed by atoms with Crippen LogP contribution in [0, 0.1) is 15.5 Å². The summed E-state index contributed by atoms with van der Waals surface area (Å²) < 4.78 is 0. The average molecular weight is 314 g/mol. The molecule has 116 valence electrons. The summed E-state index contributed by atoms with van der Waals surface area (Å²) in [4.78, 5) is 32.7. The van der Waals surface area contributed by atoms with Gasteiger partial charge in [-0.25, -0.2) is 0 Å². The Morgan fingerprint density at radius 3 is 2.57 bits per heavy atom. The van der Waals surface area contributed by atoms with Crippen LogP contribution in [-0.2, 0) is 4.79 Å². The predicted octanol–water partition coefficient (Wildman–Crippen LogP) is 2.67. The first-order valence-corrected chi connectivity index (χ1v) is 7.27. The normalized spacial score (nSPS) is 11.1. The maximum absolute atomic E-state index is 11.8. The minimum Gasteiger partial charge on any atom is -0.481 e. The number of nitro groups is 1. The van der Waals surface area contributed by atoms with Gasteiger partial charge in [0.2, 0.25) is 0 Å². The zero-order valence-electron chi connectivity index (χ0n) is 11.9. The van der Waals surface area contributed by atoms with Crippen LogP contribution in [0.3, 0.4) is 0 Å². The Kier molecular flexibility index (Phi) is 5.83. The SMILES string of the molecule is CC(C)(CCNC(=O)c1ccc([N+](=O)[O-])s1)CCC(=O)O. The van der Waals surface area contributed by atoms with Crippen molar-refractivity contribution < 1.29 is 19.6 Å². The van der Waals surface area contributed by atoms with Crippen molar-refractivity contribution in [3.05, 3.63) is 27.1 Å². The third-order valence-electron chi connectivity index (χ3n) is 3.10. The fourth-order valence-electron chi connectivity index (χ4n) is 1.72. The smallest absolute Gasteiger partial charge is 0.324 e. The first kappa shape index (κ1) is 17.1. The van der Waals surface area contributed by atoms with Gasteiger partial charge in [-0.3, -0.25) is 19.7 Å². The van der Waals surface area contributed by atoms with Crippen LogP contribution in [0.5, 0.6) is 0 Å². The number of carbonyl (C=O) groups excluding carboxylic acids is 1. The molecule has 7 nitrogen and oxygen atoms in total. The summed E-state index contributed by atoms with van der Waals surface area (Å²) in [5.41, 5.74) is -0.187. The Morgan fingerprint density at radius 2 is 2.05 bits per heavy atom. The summed E-state index contributed by atoms with van der Waals surface area (Å²) in [5.74, 6) is -1.18. The third-order valence-corrected chi connectivity index (χ3v) is 4.13. The Morgan fingerprint density at radius 1 is 1.38 bits per heavy atom. The van der Waals surface area contributed by atoms with Crippen LogP contribution in [0.25, 0.3) is 0 Å². The minimum absolute atomic E-state index is 0.0676. The maximum Gasteiger partial charge on any atom is 0.324 e. The molecule has 1 rings (SSSR count). The molecule has 0 aliphatic rings. The van der Waals surface area contributed by atoms with E-state index in [1.807, 2.05) is 13.8 Å². The van der Waals surface area contributed by atoms with Crippen molar-refractivity contribution in [3.63, 3.8) is 0 Å². The molecule has 1 aromatic rings. The highest BCUT2D eigenvalue weighted by Crippen LogP contribution is 2.26. The summed E-state index contributed by atoms with van der Waals surface area (Å²) in [5, 5.41) is 21.8. The molecule has 21 heavy (non-hydrogen) atoms. The van der Waals surface area contributed by atoms with E-state index in [1.165, 1.54) is 12.1 Å². The quantitative estimate of drug-likeness (QED) is 0.566. The molecule has 1 aromatic heterocycles. The lowest BCUT2D eigenvalue weighted by Crippen LogP contribution is -2.27. The van der Waals surface area contributed by atoms with Gasteiger partial charge in [-0.2, -0.15) is 0 Å². The number of carboxylic acid groups (broad SMARTS) is 1. The lowest BCUT2D eigenvalue weighted by molar-refractivity contribution is -0.380. The van der Waals surface area contributed by atoms with Gasteiger partial charge in [0, 0.05) is 19.0 Å².